The van der Waals surface area contributed by atoms with E-state index in [9.17, 15) is 10.0 Å². The number of rotatable bonds is 3. The summed E-state index contributed by atoms with van der Waals surface area (Å²) in [7, 11) is 0. The van der Waals surface area contributed by atoms with Crippen LogP contribution in [-0.2, 0) is 11.3 Å². The Hall–Kier alpha value is -2.18. The molecule has 0 saturated carbocycles. The number of halogens is 1. The van der Waals surface area contributed by atoms with Gasteiger partial charge in [-0.2, -0.15) is 0 Å². The summed E-state index contributed by atoms with van der Waals surface area (Å²) < 4.78 is 10.5. The number of nitrogens with one attached hydrogen (secondary N) is 1. The van der Waals surface area contributed by atoms with Crippen LogP contribution in [-0.4, -0.2) is 24.3 Å². The summed E-state index contributed by atoms with van der Waals surface area (Å²) in [5.74, 6) is 0.949. The number of ether oxygens (including phenoxy) is 2. The van der Waals surface area contributed by atoms with Crippen molar-refractivity contribution in [1.29, 1.82) is 0 Å². The van der Waals surface area contributed by atoms with Gasteiger partial charge in [0.2, 0.25) is 6.79 Å². The van der Waals surface area contributed by atoms with Gasteiger partial charge in [-0.05, 0) is 23.8 Å². The molecule has 2 aliphatic heterocycles. The third kappa shape index (κ3) is 2.96. The van der Waals surface area contributed by atoms with Crippen LogP contribution in [0.25, 0.3) is 0 Å². The maximum absolute atomic E-state index is 12.0. The van der Waals surface area contributed by atoms with Gasteiger partial charge in [0.15, 0.2) is 11.5 Å². The topological polar surface area (TPSA) is 73.9 Å². The van der Waals surface area contributed by atoms with E-state index < -0.39 is 5.91 Å². The van der Waals surface area contributed by atoms with Gasteiger partial charge in [-0.1, -0.05) is 17.7 Å². The van der Waals surface area contributed by atoms with E-state index in [1.54, 1.807) is 12.1 Å². The van der Waals surface area contributed by atoms with E-state index >= 15 is 0 Å². The fourth-order valence-corrected chi connectivity index (χ4v) is 2.24. The molecule has 110 valence electrons. The third-order valence-corrected chi connectivity index (χ3v) is 3.47. The molecule has 0 radical (unpaired) electrons. The normalized spacial score (nSPS) is 16.4. The molecule has 3 rings (SSSR count). The summed E-state index contributed by atoms with van der Waals surface area (Å²) in [6.07, 6.45) is 2.70. The van der Waals surface area contributed by atoms with E-state index in [0.29, 0.717) is 23.1 Å². The molecule has 1 aromatic rings. The van der Waals surface area contributed by atoms with Crippen molar-refractivity contribution in [2.45, 2.75) is 6.54 Å². The molecular weight excluding hydrogens is 296 g/mol. The number of hydroxylamine groups is 2. The minimum atomic E-state index is -0.394. The number of carbonyl (C=O) groups excluding carboxylic acids is 1. The molecule has 0 bridgehead atoms. The Morgan fingerprint density at radius 3 is 3.05 bits per heavy atom. The highest BCUT2D eigenvalue weighted by Crippen LogP contribution is 2.32. The van der Waals surface area contributed by atoms with E-state index in [4.69, 9.17) is 21.1 Å². The Labute approximate surface area is 126 Å². The number of hydrogen-bond acceptors (Lipinski definition) is 5. The van der Waals surface area contributed by atoms with Gasteiger partial charge < -0.3 is 25.1 Å². The molecule has 0 unspecified atom stereocenters. The molecule has 0 aliphatic carbocycles. The number of benzene rings is 1. The largest absolute Gasteiger partial charge is 0.758 e. The van der Waals surface area contributed by atoms with Crippen molar-refractivity contribution in [2.75, 3.05) is 13.3 Å². The number of amides is 1. The second-order valence-electron chi connectivity index (χ2n) is 4.56. The van der Waals surface area contributed by atoms with Crippen molar-refractivity contribution in [3.05, 3.63) is 51.9 Å². The van der Waals surface area contributed by atoms with Gasteiger partial charge in [-0.25, -0.2) is 0 Å². The van der Waals surface area contributed by atoms with Crippen molar-refractivity contribution < 1.29 is 14.3 Å². The standard InChI is InChI=1S/C14H12ClN2O4/c15-11-3-4-17(19)7-10(11)14(18)16-6-9-1-2-12-13(5-9)21-8-20-12/h1-3,5,7H,4,6,8H2,(H,16,18)/q-1. The van der Waals surface area contributed by atoms with Crippen LogP contribution < -0.4 is 14.8 Å². The molecule has 2 heterocycles. The van der Waals surface area contributed by atoms with Gasteiger partial charge in [0.25, 0.3) is 5.91 Å². The minimum Gasteiger partial charge on any atom is -0.758 e. The summed E-state index contributed by atoms with van der Waals surface area (Å²) >= 11 is 5.93. The van der Waals surface area contributed by atoms with E-state index in [0.717, 1.165) is 5.56 Å². The Kier molecular flexibility index (Phi) is 3.72. The molecule has 1 aromatic carbocycles. The average Bonchev–Trinajstić information content (AvgIpc) is 2.94. The van der Waals surface area contributed by atoms with E-state index in [2.05, 4.69) is 5.32 Å². The van der Waals surface area contributed by atoms with Crippen LogP contribution in [0.1, 0.15) is 5.56 Å². The highest BCUT2D eigenvalue weighted by Gasteiger charge is 2.17. The van der Waals surface area contributed by atoms with Crippen molar-refractivity contribution >= 4 is 17.5 Å². The quantitative estimate of drug-likeness (QED) is 0.922. The number of hydrogen-bond donors (Lipinski definition) is 1. The number of carbonyl (C=O) groups is 1. The van der Waals surface area contributed by atoms with Gasteiger partial charge in [0, 0.05) is 19.3 Å². The summed E-state index contributed by atoms with van der Waals surface area (Å²) in [5.41, 5.74) is 1.03. The first-order chi connectivity index (χ1) is 10.1. The van der Waals surface area contributed by atoms with Gasteiger partial charge in [-0.15, -0.1) is 0 Å². The van der Waals surface area contributed by atoms with E-state index in [1.807, 2.05) is 6.07 Å². The van der Waals surface area contributed by atoms with Crippen molar-refractivity contribution in [1.82, 2.24) is 10.4 Å². The van der Waals surface area contributed by atoms with Crippen LogP contribution in [0.4, 0.5) is 0 Å². The van der Waals surface area contributed by atoms with Crippen LogP contribution >= 0.6 is 11.6 Å². The van der Waals surface area contributed by atoms with Gasteiger partial charge in [0.1, 0.15) is 0 Å². The van der Waals surface area contributed by atoms with Crippen LogP contribution in [0.15, 0.2) is 41.1 Å². The molecule has 1 N–H and O–H groups in total. The lowest BCUT2D eigenvalue weighted by molar-refractivity contribution is -0.117. The highest BCUT2D eigenvalue weighted by molar-refractivity contribution is 6.35. The zero-order chi connectivity index (χ0) is 14.8. The summed E-state index contributed by atoms with van der Waals surface area (Å²) in [6, 6.07) is 5.42. The number of nitrogens with zero attached hydrogens (tertiary/aromatic N) is 1. The Bertz CT molecular complexity index is 642. The van der Waals surface area contributed by atoms with Crippen molar-refractivity contribution in [3.63, 3.8) is 0 Å². The molecule has 1 amide bonds. The highest BCUT2D eigenvalue weighted by atomic mass is 35.5. The zero-order valence-corrected chi connectivity index (χ0v) is 11.7. The lowest BCUT2D eigenvalue weighted by Crippen LogP contribution is -2.28. The average molecular weight is 308 g/mol. The van der Waals surface area contributed by atoms with E-state index in [-0.39, 0.29) is 23.9 Å². The molecule has 6 nitrogen and oxygen atoms in total. The molecule has 0 spiro atoms. The molecular formula is C14H12ClN2O4-. The summed E-state index contributed by atoms with van der Waals surface area (Å²) in [4.78, 5) is 12.0. The van der Waals surface area contributed by atoms with Gasteiger partial charge in [0.05, 0.1) is 10.6 Å². The predicted molar refractivity (Wildman–Crippen MR) is 76.5 cm³/mol. The predicted octanol–water partition coefficient (Wildman–Crippen LogP) is 1.85. The van der Waals surface area contributed by atoms with Gasteiger partial charge in [-0.3, -0.25) is 4.79 Å². The summed E-state index contributed by atoms with van der Waals surface area (Å²) in [6.45, 7) is 0.658. The van der Waals surface area contributed by atoms with Crippen LogP contribution in [0.2, 0.25) is 0 Å². The first-order valence-corrected chi connectivity index (χ1v) is 6.69. The second-order valence-corrected chi connectivity index (χ2v) is 4.97. The maximum atomic E-state index is 12.0. The molecule has 0 fully saturated rings. The SMILES string of the molecule is O=C(NCc1ccc2c(c1)OCO2)C1=CN([O-])CC=C1Cl. The van der Waals surface area contributed by atoms with Crippen molar-refractivity contribution in [2.24, 2.45) is 0 Å². The smallest absolute Gasteiger partial charge is 0.254 e. The molecule has 7 heteroatoms. The maximum Gasteiger partial charge on any atom is 0.254 e. The van der Waals surface area contributed by atoms with Crippen LogP contribution in [0, 0.1) is 5.21 Å². The fourth-order valence-electron chi connectivity index (χ4n) is 2.03. The minimum absolute atomic E-state index is 0.151. The second kappa shape index (κ2) is 5.67. The van der Waals surface area contributed by atoms with Crippen LogP contribution in [0.3, 0.4) is 0 Å². The van der Waals surface area contributed by atoms with Gasteiger partial charge >= 0.3 is 0 Å². The fraction of sp³-hybridized carbons (Fsp3) is 0.214. The molecule has 0 saturated heterocycles. The third-order valence-electron chi connectivity index (χ3n) is 3.12. The Morgan fingerprint density at radius 2 is 2.19 bits per heavy atom. The first-order valence-electron chi connectivity index (χ1n) is 6.32. The number of fused-ring (bicyclic) bond motifs is 1. The van der Waals surface area contributed by atoms with Crippen molar-refractivity contribution in [3.8, 4) is 11.5 Å². The first kappa shape index (κ1) is 13.8. The Balaban J connectivity index is 1.65. The lowest BCUT2D eigenvalue weighted by Gasteiger charge is -2.29. The molecule has 0 aromatic heterocycles. The zero-order valence-electron chi connectivity index (χ0n) is 11.0. The summed E-state index contributed by atoms with van der Waals surface area (Å²) in [5, 5.41) is 14.9. The molecule has 2 aliphatic rings. The van der Waals surface area contributed by atoms with Crippen LogP contribution in [0.5, 0.6) is 11.5 Å². The van der Waals surface area contributed by atoms with E-state index in [1.165, 1.54) is 12.3 Å². The molecule has 0 atom stereocenters. The lowest BCUT2D eigenvalue weighted by atomic mass is 10.1. The Morgan fingerprint density at radius 1 is 1.38 bits per heavy atom. The molecule has 21 heavy (non-hydrogen) atoms. The monoisotopic (exact) mass is 307 g/mol.